The second-order valence-electron chi connectivity index (χ2n) is 5.65. The van der Waals surface area contributed by atoms with Gasteiger partial charge in [-0.2, -0.15) is 0 Å². The first-order chi connectivity index (χ1) is 9.63. The van der Waals surface area contributed by atoms with E-state index in [0.717, 1.165) is 31.9 Å². The van der Waals surface area contributed by atoms with E-state index in [0.29, 0.717) is 6.04 Å². The maximum atomic E-state index is 5.63. The van der Waals surface area contributed by atoms with E-state index in [1.54, 1.807) is 20.5 Å². The van der Waals surface area contributed by atoms with E-state index in [2.05, 4.69) is 24.1 Å². The molecule has 1 aromatic rings. The molecule has 114 valence electrons. The van der Waals surface area contributed by atoms with E-state index in [1.807, 2.05) is 6.07 Å². The summed E-state index contributed by atoms with van der Waals surface area (Å²) in [7, 11) is 3.48. The maximum absolute atomic E-state index is 5.63. The van der Waals surface area contributed by atoms with E-state index in [1.165, 1.54) is 5.56 Å². The van der Waals surface area contributed by atoms with E-state index in [4.69, 9.17) is 13.9 Å². The smallest absolute Gasteiger partial charge is 0.122 e. The molecule has 0 radical (unpaired) electrons. The van der Waals surface area contributed by atoms with Gasteiger partial charge in [-0.15, -0.1) is 0 Å². The fourth-order valence-electron chi connectivity index (χ4n) is 2.58. The first-order valence-electron chi connectivity index (χ1n) is 7.20. The number of nitrogens with one attached hydrogen (secondary N) is 1. The van der Waals surface area contributed by atoms with Crippen molar-refractivity contribution < 1.29 is 13.9 Å². The van der Waals surface area contributed by atoms with Gasteiger partial charge in [0.1, 0.15) is 5.76 Å². The van der Waals surface area contributed by atoms with E-state index >= 15 is 0 Å². The lowest BCUT2D eigenvalue weighted by Crippen LogP contribution is -2.27. The number of furan rings is 1. The molecule has 1 aromatic heterocycles. The SMILES string of the molecule is COC1CN(Cc2occc2CNC(C)C)CC1OC. The average Bonchev–Trinajstić information content (AvgIpc) is 3.03. The Kier molecular flexibility index (Phi) is 5.60. The largest absolute Gasteiger partial charge is 0.468 e. The molecule has 20 heavy (non-hydrogen) atoms. The van der Waals surface area contributed by atoms with Crippen LogP contribution < -0.4 is 5.32 Å². The number of nitrogens with zero attached hydrogens (tertiary/aromatic N) is 1. The van der Waals surface area contributed by atoms with Crippen molar-refractivity contribution in [3.05, 3.63) is 23.7 Å². The Labute approximate surface area is 121 Å². The molecule has 2 rings (SSSR count). The Morgan fingerprint density at radius 3 is 2.50 bits per heavy atom. The number of ether oxygens (including phenoxy) is 2. The molecule has 2 unspecified atom stereocenters. The highest BCUT2D eigenvalue weighted by Gasteiger charge is 2.33. The molecule has 5 nitrogen and oxygen atoms in total. The summed E-state index contributed by atoms with van der Waals surface area (Å²) in [5.41, 5.74) is 1.23. The van der Waals surface area contributed by atoms with Crippen molar-refractivity contribution in [3.63, 3.8) is 0 Å². The van der Waals surface area contributed by atoms with Crippen LogP contribution in [0.4, 0.5) is 0 Å². The highest BCUT2D eigenvalue weighted by molar-refractivity contribution is 5.17. The molecule has 1 N–H and O–H groups in total. The van der Waals surface area contributed by atoms with Crippen molar-refractivity contribution in [2.75, 3.05) is 27.3 Å². The van der Waals surface area contributed by atoms with Gasteiger partial charge in [0.2, 0.25) is 0 Å². The van der Waals surface area contributed by atoms with Crippen LogP contribution in [0, 0.1) is 0 Å². The molecule has 0 bridgehead atoms. The van der Waals surface area contributed by atoms with Crippen LogP contribution in [-0.2, 0) is 22.6 Å². The molecule has 0 amide bonds. The summed E-state index contributed by atoms with van der Waals surface area (Å²) in [4.78, 5) is 2.32. The Balaban J connectivity index is 1.92. The number of rotatable bonds is 7. The van der Waals surface area contributed by atoms with Crippen molar-refractivity contribution in [1.29, 1.82) is 0 Å². The van der Waals surface area contributed by atoms with Gasteiger partial charge >= 0.3 is 0 Å². The zero-order chi connectivity index (χ0) is 14.5. The molecule has 1 aliphatic rings. The molecule has 2 heterocycles. The zero-order valence-electron chi connectivity index (χ0n) is 12.9. The summed E-state index contributed by atoms with van der Waals surface area (Å²) in [5, 5.41) is 3.43. The molecule has 0 saturated carbocycles. The summed E-state index contributed by atoms with van der Waals surface area (Å²) >= 11 is 0. The highest BCUT2D eigenvalue weighted by atomic mass is 16.5. The van der Waals surface area contributed by atoms with Crippen LogP contribution in [0.3, 0.4) is 0 Å². The summed E-state index contributed by atoms with van der Waals surface area (Å²) in [6.07, 6.45) is 2.06. The van der Waals surface area contributed by atoms with Crippen LogP contribution >= 0.6 is 0 Å². The second-order valence-corrected chi connectivity index (χ2v) is 5.65. The second kappa shape index (κ2) is 7.22. The number of hydrogen-bond acceptors (Lipinski definition) is 5. The predicted octanol–water partition coefficient (Wildman–Crippen LogP) is 1.62. The van der Waals surface area contributed by atoms with Crippen LogP contribution in [0.15, 0.2) is 16.7 Å². The van der Waals surface area contributed by atoms with Gasteiger partial charge in [0.25, 0.3) is 0 Å². The maximum Gasteiger partial charge on any atom is 0.122 e. The van der Waals surface area contributed by atoms with Crippen LogP contribution in [0.25, 0.3) is 0 Å². The van der Waals surface area contributed by atoms with E-state index in [-0.39, 0.29) is 12.2 Å². The molecule has 2 atom stereocenters. The Morgan fingerprint density at radius 2 is 1.95 bits per heavy atom. The normalized spacial score (nSPS) is 23.9. The van der Waals surface area contributed by atoms with Gasteiger partial charge in [-0.1, -0.05) is 13.8 Å². The average molecular weight is 282 g/mol. The van der Waals surface area contributed by atoms with Crippen LogP contribution in [0.5, 0.6) is 0 Å². The molecular formula is C15H26N2O3. The lowest BCUT2D eigenvalue weighted by molar-refractivity contribution is -0.00461. The lowest BCUT2D eigenvalue weighted by Gasteiger charge is -2.15. The first-order valence-corrected chi connectivity index (χ1v) is 7.20. The minimum Gasteiger partial charge on any atom is -0.468 e. The molecule has 5 heteroatoms. The van der Waals surface area contributed by atoms with Gasteiger partial charge in [0, 0.05) is 45.5 Å². The standard InChI is InChI=1S/C15H26N2O3/c1-11(2)16-7-12-5-6-20-13(12)8-17-9-14(18-3)15(10-17)19-4/h5-6,11,14-16H,7-10H2,1-4H3. The summed E-state index contributed by atoms with van der Waals surface area (Å²) in [5.74, 6) is 1.03. The fraction of sp³-hybridized carbons (Fsp3) is 0.733. The molecule has 1 fully saturated rings. The fourth-order valence-corrected chi connectivity index (χ4v) is 2.58. The minimum absolute atomic E-state index is 0.146. The quantitative estimate of drug-likeness (QED) is 0.823. The molecule has 1 saturated heterocycles. The molecule has 0 spiro atoms. The minimum atomic E-state index is 0.146. The third-order valence-electron chi connectivity index (χ3n) is 3.80. The third-order valence-corrected chi connectivity index (χ3v) is 3.80. The van der Waals surface area contributed by atoms with Crippen molar-refractivity contribution in [2.24, 2.45) is 0 Å². The molecule has 0 aliphatic carbocycles. The van der Waals surface area contributed by atoms with E-state index in [9.17, 15) is 0 Å². The van der Waals surface area contributed by atoms with Gasteiger partial charge in [-0.25, -0.2) is 0 Å². The molecular weight excluding hydrogens is 256 g/mol. The summed E-state index contributed by atoms with van der Waals surface area (Å²) in [6, 6.07) is 2.52. The topological polar surface area (TPSA) is 46.9 Å². The van der Waals surface area contributed by atoms with Crippen molar-refractivity contribution in [1.82, 2.24) is 10.2 Å². The Bertz CT molecular complexity index is 394. The highest BCUT2D eigenvalue weighted by Crippen LogP contribution is 2.20. The van der Waals surface area contributed by atoms with Crippen LogP contribution in [0.1, 0.15) is 25.2 Å². The Hall–Kier alpha value is -0.880. The zero-order valence-corrected chi connectivity index (χ0v) is 12.9. The predicted molar refractivity (Wildman–Crippen MR) is 77.6 cm³/mol. The number of hydrogen-bond donors (Lipinski definition) is 1. The third kappa shape index (κ3) is 3.82. The van der Waals surface area contributed by atoms with Crippen molar-refractivity contribution >= 4 is 0 Å². The Morgan fingerprint density at radius 1 is 1.30 bits per heavy atom. The summed E-state index contributed by atoms with van der Waals surface area (Å²) in [6.45, 7) is 7.71. The van der Waals surface area contributed by atoms with Crippen LogP contribution in [0.2, 0.25) is 0 Å². The number of likely N-dealkylation sites (tertiary alicyclic amines) is 1. The van der Waals surface area contributed by atoms with Gasteiger partial charge in [-0.3, -0.25) is 4.90 Å². The summed E-state index contributed by atoms with van der Waals surface area (Å²) < 4.78 is 16.6. The first kappa shape index (κ1) is 15.5. The molecule has 0 aromatic carbocycles. The van der Waals surface area contributed by atoms with Crippen molar-refractivity contribution in [3.8, 4) is 0 Å². The van der Waals surface area contributed by atoms with Crippen molar-refractivity contribution in [2.45, 2.75) is 45.2 Å². The van der Waals surface area contributed by atoms with Crippen LogP contribution in [-0.4, -0.2) is 50.5 Å². The van der Waals surface area contributed by atoms with Gasteiger partial charge in [0.05, 0.1) is 25.0 Å². The van der Waals surface area contributed by atoms with E-state index < -0.39 is 0 Å². The molecule has 1 aliphatic heterocycles. The van der Waals surface area contributed by atoms with Gasteiger partial charge in [0.15, 0.2) is 0 Å². The lowest BCUT2D eigenvalue weighted by atomic mass is 10.2. The number of methoxy groups -OCH3 is 2. The monoisotopic (exact) mass is 282 g/mol. The van der Waals surface area contributed by atoms with Gasteiger partial charge in [-0.05, 0) is 6.07 Å². The van der Waals surface area contributed by atoms with Gasteiger partial charge < -0.3 is 19.2 Å².